The zero-order valence-electron chi connectivity index (χ0n) is 26.7. The van der Waals surface area contributed by atoms with E-state index in [9.17, 15) is 39.6 Å². The van der Waals surface area contributed by atoms with Gasteiger partial charge in [-0.15, -0.1) is 0 Å². The van der Waals surface area contributed by atoms with E-state index < -0.39 is 23.9 Å². The largest absolute Gasteiger partial charge is 4.00 e. The Bertz CT molecular complexity index is 1410. The van der Waals surface area contributed by atoms with Crippen molar-refractivity contribution in [3.63, 3.8) is 0 Å². The van der Waals surface area contributed by atoms with Crippen molar-refractivity contribution in [2.75, 3.05) is 0 Å². The van der Waals surface area contributed by atoms with Gasteiger partial charge in [0.05, 0.1) is 23.9 Å². The average Bonchev–Trinajstić information content (AvgIpc) is 2.95. The van der Waals surface area contributed by atoms with Crippen LogP contribution in [0.3, 0.4) is 0 Å². The molecule has 232 valence electrons. The maximum absolute atomic E-state index is 10.5. The Labute approximate surface area is 279 Å². The van der Waals surface area contributed by atoms with Gasteiger partial charge in [0.1, 0.15) is 0 Å². The van der Waals surface area contributed by atoms with Gasteiger partial charge < -0.3 is 39.6 Å². The molecule has 0 unspecified atom stereocenters. The molecule has 0 saturated carbocycles. The van der Waals surface area contributed by atoms with Crippen LogP contribution in [0.15, 0.2) is 72.8 Å². The van der Waals surface area contributed by atoms with Crippen LogP contribution in [-0.2, 0) is 21.7 Å². The first kappa shape index (κ1) is 40.5. The van der Waals surface area contributed by atoms with Crippen LogP contribution < -0.4 is 20.4 Å². The minimum atomic E-state index is -1.11. The molecule has 0 aliphatic carbocycles. The number of aromatic carboxylic acids is 4. The van der Waals surface area contributed by atoms with Crippen LogP contribution in [0.5, 0.6) is 0 Å². The quantitative estimate of drug-likeness (QED) is 0.307. The molecule has 0 N–H and O–H groups in total. The van der Waals surface area contributed by atoms with Crippen LogP contribution in [-0.4, -0.2) is 23.9 Å². The Morgan fingerprint density at radius 3 is 0.622 bits per heavy atom. The van der Waals surface area contributed by atoms with E-state index >= 15 is 0 Å². The van der Waals surface area contributed by atoms with Crippen LogP contribution in [0.4, 0.5) is 0 Å². The van der Waals surface area contributed by atoms with Gasteiger partial charge in [0.2, 0.25) is 0 Å². The van der Waals surface area contributed by atoms with Gasteiger partial charge in [-0.3, -0.25) is 0 Å². The molecule has 0 bridgehead atoms. The van der Waals surface area contributed by atoms with E-state index in [0.717, 1.165) is 44.5 Å². The fourth-order valence-electron chi connectivity index (χ4n) is 3.89. The molecule has 4 aromatic carbocycles. The minimum Gasteiger partial charge on any atom is -0.545 e. The standard InChI is InChI=1S/4C9H10O2.Ti/c4*1-6-4-3-5-8(7(6)2)9(10)11;/h4*3-5H,1-2H3,(H,10,11);/q;;;;+4/p-4. The molecule has 8 nitrogen and oxygen atoms in total. The summed E-state index contributed by atoms with van der Waals surface area (Å²) in [5.41, 5.74) is 8.18. The maximum atomic E-state index is 10.5. The molecule has 0 fully saturated rings. The molecule has 0 heterocycles. The zero-order valence-corrected chi connectivity index (χ0v) is 28.3. The number of benzene rings is 4. The Kier molecular flexibility index (Phi) is 17.1. The van der Waals surface area contributed by atoms with Crippen LogP contribution >= 0.6 is 0 Å². The number of carbonyl (C=O) groups excluding carboxylic acids is 4. The summed E-state index contributed by atoms with van der Waals surface area (Å²) < 4.78 is 0. The molecular formula is C36H36O8Ti. The summed E-state index contributed by atoms with van der Waals surface area (Å²) in [6.07, 6.45) is 0. The van der Waals surface area contributed by atoms with Crippen molar-refractivity contribution in [3.8, 4) is 0 Å². The summed E-state index contributed by atoms with van der Waals surface area (Å²) >= 11 is 0. The van der Waals surface area contributed by atoms with Gasteiger partial charge in [0, 0.05) is 22.3 Å². The van der Waals surface area contributed by atoms with Crippen LogP contribution in [0, 0.1) is 55.4 Å². The van der Waals surface area contributed by atoms with Gasteiger partial charge in [-0.2, -0.15) is 0 Å². The first-order chi connectivity index (χ1) is 20.5. The molecule has 0 aliphatic rings. The molecule has 0 atom stereocenters. The molecule has 45 heavy (non-hydrogen) atoms. The third kappa shape index (κ3) is 12.2. The number of carbonyl (C=O) groups is 4. The average molecular weight is 645 g/mol. The summed E-state index contributed by atoms with van der Waals surface area (Å²) in [7, 11) is 0. The maximum Gasteiger partial charge on any atom is 4.00 e. The minimum absolute atomic E-state index is 0. The normalized spacial score (nSPS) is 9.42. The van der Waals surface area contributed by atoms with Crippen LogP contribution in [0.25, 0.3) is 0 Å². The number of hydrogen-bond acceptors (Lipinski definition) is 8. The Morgan fingerprint density at radius 1 is 0.356 bits per heavy atom. The van der Waals surface area contributed by atoms with E-state index in [-0.39, 0.29) is 44.0 Å². The van der Waals surface area contributed by atoms with Crippen LogP contribution in [0.2, 0.25) is 0 Å². The molecule has 0 radical (unpaired) electrons. The van der Waals surface area contributed by atoms with Crippen molar-refractivity contribution < 1.29 is 61.3 Å². The molecule has 9 heteroatoms. The second-order valence-electron chi connectivity index (χ2n) is 10.1. The molecule has 0 aliphatic heterocycles. The van der Waals surface area contributed by atoms with Crippen molar-refractivity contribution in [2.24, 2.45) is 0 Å². The fourth-order valence-corrected chi connectivity index (χ4v) is 3.89. The number of carboxylic acids is 4. The Morgan fingerprint density at radius 2 is 0.511 bits per heavy atom. The molecular weight excluding hydrogens is 608 g/mol. The second kappa shape index (κ2) is 19.0. The molecule has 0 spiro atoms. The molecule has 0 amide bonds. The molecule has 4 aromatic rings. The summed E-state index contributed by atoms with van der Waals surface area (Å²) in [4.78, 5) is 41.9. The van der Waals surface area contributed by atoms with Crippen molar-refractivity contribution in [2.45, 2.75) is 55.4 Å². The fraction of sp³-hybridized carbons (Fsp3) is 0.222. The summed E-state index contributed by atoms with van der Waals surface area (Å²) in [6, 6.07) is 20.6. The van der Waals surface area contributed by atoms with Gasteiger partial charge in [0.25, 0.3) is 0 Å². The Hall–Kier alpha value is -4.53. The molecule has 4 rings (SSSR count). The van der Waals surface area contributed by atoms with Gasteiger partial charge in [0.15, 0.2) is 0 Å². The number of aryl methyl sites for hydroxylation is 4. The van der Waals surface area contributed by atoms with Gasteiger partial charge in [-0.05, 0) is 99.9 Å². The first-order valence-corrected chi connectivity index (χ1v) is 13.6. The van der Waals surface area contributed by atoms with Crippen molar-refractivity contribution in [1.82, 2.24) is 0 Å². The van der Waals surface area contributed by atoms with Gasteiger partial charge >= 0.3 is 21.7 Å². The number of rotatable bonds is 4. The Balaban J connectivity index is 0.000000569. The second-order valence-corrected chi connectivity index (χ2v) is 10.1. The number of carboxylic acid groups (broad SMARTS) is 4. The third-order valence-electron chi connectivity index (χ3n) is 7.30. The monoisotopic (exact) mass is 644 g/mol. The summed E-state index contributed by atoms with van der Waals surface area (Å²) in [6.45, 7) is 14.6. The van der Waals surface area contributed by atoms with Crippen molar-refractivity contribution in [3.05, 3.63) is 140 Å². The SMILES string of the molecule is Cc1cccc(C(=O)[O-])c1C.Cc1cccc(C(=O)[O-])c1C.Cc1cccc(C(=O)[O-])c1C.Cc1cccc(C(=O)[O-])c1C.[Ti+4]. The van der Waals surface area contributed by atoms with Crippen molar-refractivity contribution in [1.29, 1.82) is 0 Å². The smallest absolute Gasteiger partial charge is 0.545 e. The van der Waals surface area contributed by atoms with E-state index in [1.807, 2.05) is 52.0 Å². The number of hydrogen-bond donors (Lipinski definition) is 0. The van der Waals surface area contributed by atoms with E-state index in [2.05, 4.69) is 0 Å². The van der Waals surface area contributed by atoms with E-state index in [4.69, 9.17) is 0 Å². The molecule has 0 aromatic heterocycles. The van der Waals surface area contributed by atoms with E-state index in [1.54, 1.807) is 76.2 Å². The van der Waals surface area contributed by atoms with Gasteiger partial charge in [-0.1, -0.05) is 72.8 Å². The molecule has 0 saturated heterocycles. The topological polar surface area (TPSA) is 161 Å². The van der Waals surface area contributed by atoms with Gasteiger partial charge in [-0.25, -0.2) is 0 Å². The van der Waals surface area contributed by atoms with Crippen molar-refractivity contribution >= 4 is 23.9 Å². The van der Waals surface area contributed by atoms with Crippen LogP contribution in [0.1, 0.15) is 85.9 Å². The zero-order chi connectivity index (χ0) is 33.7. The third-order valence-corrected chi connectivity index (χ3v) is 7.30. The van der Waals surface area contributed by atoms with E-state index in [1.165, 1.54) is 0 Å². The predicted octanol–water partition coefficient (Wildman–Crippen LogP) is 2.67. The first-order valence-electron chi connectivity index (χ1n) is 13.6. The summed E-state index contributed by atoms with van der Waals surface area (Å²) in [5.74, 6) is -4.42. The summed E-state index contributed by atoms with van der Waals surface area (Å²) in [5, 5.41) is 41.9. The van der Waals surface area contributed by atoms with E-state index in [0.29, 0.717) is 0 Å². The predicted molar refractivity (Wildman–Crippen MR) is 161 cm³/mol.